The fourth-order valence-corrected chi connectivity index (χ4v) is 9.11. The summed E-state index contributed by atoms with van der Waals surface area (Å²) in [6.45, 7) is 5.90. The minimum Gasteiger partial charge on any atom is -0.504 e. The molecule has 4 heterocycles. The molecule has 1 aliphatic carbocycles. The second-order valence-corrected chi connectivity index (χ2v) is 13.4. The van der Waals surface area contributed by atoms with Gasteiger partial charge in [0, 0.05) is 40.8 Å². The molecule has 6 bridgehead atoms. The first-order chi connectivity index (χ1) is 22.7. The number of hydrogen-bond acceptors (Lipinski definition) is 10. The molecule has 1 saturated heterocycles. The number of ether oxygens (including phenoxy) is 5. The normalized spacial score (nSPS) is 30.5. The summed E-state index contributed by atoms with van der Waals surface area (Å²) in [5.41, 5.74) is 5.49. The largest absolute Gasteiger partial charge is 0.504 e. The molecule has 0 aromatic heterocycles. The summed E-state index contributed by atoms with van der Waals surface area (Å²) >= 11 is 0. The number of methoxy groups -OCH3 is 1. The number of carbonyl (C=O) groups is 2. The number of phenolic OH excluding ortho intramolecular Hbond substituents is 1. The summed E-state index contributed by atoms with van der Waals surface area (Å²) in [5.74, 6) is 1.58. The lowest BCUT2D eigenvalue weighted by Crippen LogP contribution is -2.59. The highest BCUT2D eigenvalue weighted by molar-refractivity contribution is 5.87. The number of alkyl carbamates (subject to hydrolysis) is 1. The van der Waals surface area contributed by atoms with Gasteiger partial charge < -0.3 is 34.1 Å². The van der Waals surface area contributed by atoms with Gasteiger partial charge in [0.2, 0.25) is 6.79 Å². The van der Waals surface area contributed by atoms with E-state index in [2.05, 4.69) is 29.4 Å². The summed E-state index contributed by atoms with van der Waals surface area (Å²) in [5, 5.41) is 25.3. The summed E-state index contributed by atoms with van der Waals surface area (Å²) in [7, 11) is 3.62. The smallest absolute Gasteiger partial charge is 0.408 e. The van der Waals surface area contributed by atoms with Gasteiger partial charge in [0.05, 0.1) is 25.1 Å². The Labute approximate surface area is 274 Å². The van der Waals surface area contributed by atoms with E-state index >= 15 is 0 Å². The van der Waals surface area contributed by atoms with Gasteiger partial charge in [-0.1, -0.05) is 6.07 Å². The second kappa shape index (κ2) is 12.0. The van der Waals surface area contributed by atoms with Crippen LogP contribution in [0.3, 0.4) is 0 Å². The third-order valence-electron chi connectivity index (χ3n) is 11.1. The first kappa shape index (κ1) is 31.2. The van der Waals surface area contributed by atoms with Crippen molar-refractivity contribution in [3.8, 4) is 34.8 Å². The van der Waals surface area contributed by atoms with Crippen molar-refractivity contribution < 1.29 is 38.4 Å². The van der Waals surface area contributed by atoms with Gasteiger partial charge in [-0.3, -0.25) is 9.69 Å². The number of benzene rings is 2. The number of aromatic hydroxyl groups is 1. The Morgan fingerprint density at radius 2 is 1.79 bits per heavy atom. The minimum atomic E-state index is -0.747. The lowest BCUT2D eigenvalue weighted by molar-refractivity contribution is -0.121. The number of ketones is 1. The lowest BCUT2D eigenvalue weighted by Gasteiger charge is -2.58. The molecule has 7 rings (SSSR count). The van der Waals surface area contributed by atoms with Crippen LogP contribution in [0.2, 0.25) is 0 Å². The highest BCUT2D eigenvalue weighted by atomic mass is 16.7. The Hall–Kier alpha value is -4.43. The van der Waals surface area contributed by atoms with E-state index in [0.717, 1.165) is 33.4 Å². The van der Waals surface area contributed by atoms with Crippen molar-refractivity contribution in [3.63, 3.8) is 0 Å². The SMILES string of the molecule is COc1c(C)cc2c(c1O)[C@@H]1[C@@H]3Cc4c5c(C)c6c(c4[C@H](CCC(=O)[C@H](C)NC(=O)OC/C=C/CO5)C3[C@@H](C#N)[C@H](C2)N1C)OCO6. The zero-order chi connectivity index (χ0) is 33.1. The molecular formula is C36H41N3O8. The standard InChI is InChI=1S/C36H41N3O8/c1-17-12-20-13-25-24(15-37)28-21-8-9-26(40)19(3)38-36(42)45-11-7-6-10-44-33-18(2)34-35(47-16-46-34)29(21)23(33)14-22(28)30(39(25)4)27(20)31(41)32(17)43-5/h6-7,12,19,21-22,24-25,28,30,41H,8-11,13-14,16H2,1-5H3,(H,38,42)/b7-6+/t19-,21+,22+,24-,25-,28?,30-/m0/s1. The van der Waals surface area contributed by atoms with Gasteiger partial charge in [0.25, 0.3) is 0 Å². The van der Waals surface area contributed by atoms with Gasteiger partial charge in [0.1, 0.15) is 19.0 Å². The molecule has 4 aliphatic heterocycles. The van der Waals surface area contributed by atoms with Crippen LogP contribution in [0.15, 0.2) is 18.2 Å². The summed E-state index contributed by atoms with van der Waals surface area (Å²) in [6, 6.07) is 3.75. The molecule has 0 radical (unpaired) electrons. The molecule has 2 N–H and O–H groups in total. The number of fused-ring (bicyclic) bond motifs is 8. The Morgan fingerprint density at radius 3 is 2.53 bits per heavy atom. The molecule has 1 unspecified atom stereocenters. The Bertz CT molecular complexity index is 1710. The topological polar surface area (TPSA) is 140 Å². The van der Waals surface area contributed by atoms with Crippen LogP contribution in [0.4, 0.5) is 4.79 Å². The van der Waals surface area contributed by atoms with Crippen molar-refractivity contribution in [2.75, 3.05) is 34.2 Å². The molecule has 2 aromatic rings. The fourth-order valence-electron chi connectivity index (χ4n) is 9.11. The maximum absolute atomic E-state index is 13.5. The van der Waals surface area contributed by atoms with Crippen LogP contribution in [0, 0.1) is 42.9 Å². The Kier molecular flexibility index (Phi) is 7.95. The number of amides is 1. The molecular weight excluding hydrogens is 602 g/mol. The van der Waals surface area contributed by atoms with E-state index in [9.17, 15) is 20.0 Å². The quantitative estimate of drug-likeness (QED) is 0.417. The van der Waals surface area contributed by atoms with E-state index in [4.69, 9.17) is 23.7 Å². The number of Topliss-reactive ketones (excluding diaryl/α,β-unsaturated/α-hetero) is 1. The number of carbonyl (C=O) groups excluding carboxylic acids is 2. The lowest BCUT2D eigenvalue weighted by atomic mass is 9.54. The van der Waals surface area contributed by atoms with Gasteiger partial charge in [-0.15, -0.1) is 0 Å². The third kappa shape index (κ3) is 4.87. The van der Waals surface area contributed by atoms with Gasteiger partial charge in [0.15, 0.2) is 28.8 Å². The van der Waals surface area contributed by atoms with Crippen LogP contribution in [-0.4, -0.2) is 68.1 Å². The number of nitriles is 1. The number of hydrogen-bond donors (Lipinski definition) is 2. The molecule has 0 saturated carbocycles. The molecule has 11 nitrogen and oxygen atoms in total. The molecule has 1 fully saturated rings. The van der Waals surface area contributed by atoms with Crippen LogP contribution in [0.5, 0.6) is 28.7 Å². The summed E-state index contributed by atoms with van der Waals surface area (Å²) < 4.78 is 29.6. The maximum Gasteiger partial charge on any atom is 0.408 e. The van der Waals surface area contributed by atoms with Crippen molar-refractivity contribution in [2.45, 2.75) is 70.5 Å². The number of nitrogens with one attached hydrogen (secondary N) is 1. The highest BCUT2D eigenvalue weighted by Gasteiger charge is 2.58. The number of cyclic esters (lactones) is 1. The number of aryl methyl sites for hydroxylation is 1. The molecule has 5 aliphatic rings. The molecule has 0 spiro atoms. The third-order valence-corrected chi connectivity index (χ3v) is 11.1. The van der Waals surface area contributed by atoms with E-state index in [1.165, 1.54) is 0 Å². The van der Waals surface area contributed by atoms with E-state index < -0.39 is 12.1 Å². The van der Waals surface area contributed by atoms with E-state index in [-0.39, 0.29) is 73.7 Å². The number of nitrogens with zero attached hydrogens (tertiary/aromatic N) is 2. The Balaban J connectivity index is 1.44. The zero-order valence-corrected chi connectivity index (χ0v) is 27.4. The van der Waals surface area contributed by atoms with Gasteiger partial charge >= 0.3 is 6.09 Å². The first-order valence-corrected chi connectivity index (χ1v) is 16.4. The highest BCUT2D eigenvalue weighted by Crippen LogP contribution is 2.64. The van der Waals surface area contributed by atoms with Gasteiger partial charge in [-0.05, 0) is 88.1 Å². The predicted molar refractivity (Wildman–Crippen MR) is 170 cm³/mol. The number of rotatable bonds is 1. The van der Waals surface area contributed by atoms with Gasteiger partial charge in [-0.25, -0.2) is 4.79 Å². The second-order valence-electron chi connectivity index (χ2n) is 13.4. The van der Waals surface area contributed by atoms with Crippen molar-refractivity contribution >= 4 is 11.9 Å². The average molecular weight is 644 g/mol. The maximum atomic E-state index is 13.5. The molecule has 1 amide bonds. The van der Waals surface area contributed by atoms with Crippen molar-refractivity contribution in [3.05, 3.63) is 51.6 Å². The van der Waals surface area contributed by atoms with Crippen LogP contribution in [0.25, 0.3) is 0 Å². The van der Waals surface area contributed by atoms with Gasteiger partial charge in [-0.2, -0.15) is 5.26 Å². The summed E-state index contributed by atoms with van der Waals surface area (Å²) in [6.07, 6.45) is 4.63. The van der Waals surface area contributed by atoms with Crippen LogP contribution in [0.1, 0.15) is 65.1 Å². The van der Waals surface area contributed by atoms with Crippen molar-refractivity contribution in [1.29, 1.82) is 5.26 Å². The molecule has 47 heavy (non-hydrogen) atoms. The fraction of sp³-hybridized carbons (Fsp3) is 0.528. The molecule has 2 aromatic carbocycles. The van der Waals surface area contributed by atoms with E-state index in [1.807, 2.05) is 13.8 Å². The monoisotopic (exact) mass is 643 g/mol. The van der Waals surface area contributed by atoms with Crippen molar-refractivity contribution in [1.82, 2.24) is 10.2 Å². The number of phenols is 1. The minimum absolute atomic E-state index is 0.0384. The van der Waals surface area contributed by atoms with Crippen LogP contribution < -0.4 is 24.3 Å². The zero-order valence-electron chi connectivity index (χ0n) is 27.4. The average Bonchev–Trinajstić information content (AvgIpc) is 3.53. The molecule has 7 atom stereocenters. The van der Waals surface area contributed by atoms with Crippen LogP contribution in [-0.2, 0) is 22.4 Å². The Morgan fingerprint density at radius 1 is 1.04 bits per heavy atom. The van der Waals surface area contributed by atoms with Crippen LogP contribution >= 0.6 is 0 Å². The van der Waals surface area contributed by atoms with E-state index in [1.54, 1.807) is 26.2 Å². The number of likely N-dealkylation sites (N-methyl/N-ethyl adjacent to an activating group) is 1. The first-order valence-electron chi connectivity index (χ1n) is 16.4. The van der Waals surface area contributed by atoms with Crippen molar-refractivity contribution in [2.24, 2.45) is 17.8 Å². The summed E-state index contributed by atoms with van der Waals surface area (Å²) in [4.78, 5) is 28.2. The predicted octanol–water partition coefficient (Wildman–Crippen LogP) is 4.78. The van der Waals surface area contributed by atoms with E-state index in [0.29, 0.717) is 42.3 Å². The number of piperidine rings is 1. The molecule has 11 heteroatoms. The molecule has 248 valence electrons.